The Bertz CT molecular complexity index is 581. The first kappa shape index (κ1) is 19.0. The maximum atomic E-state index is 13.9. The lowest BCUT2D eigenvalue weighted by Gasteiger charge is -2.11. The number of esters is 1. The number of amides is 2. The fourth-order valence-corrected chi connectivity index (χ4v) is 2.49. The molecule has 8 heteroatoms. The standard InChI is InChI=1S/C15H19FN2O4S/c1-2-4-13(20)22-9-23-14-10(5-3-6-11(14)16)15(21)18-8-7-12(17)19/h3,5-6H,2,4,7-9H2,1H3,(H2,17,19)(H,18,21). The van der Waals surface area contributed by atoms with E-state index in [9.17, 15) is 18.8 Å². The molecule has 0 heterocycles. The summed E-state index contributed by atoms with van der Waals surface area (Å²) in [6.45, 7) is 1.92. The number of ether oxygens (including phenoxy) is 1. The van der Waals surface area contributed by atoms with E-state index in [-0.39, 0.29) is 41.8 Å². The molecule has 0 aliphatic rings. The van der Waals surface area contributed by atoms with Crippen LogP contribution in [0, 0.1) is 5.82 Å². The molecule has 0 fully saturated rings. The lowest BCUT2D eigenvalue weighted by Crippen LogP contribution is -2.28. The third-order valence-corrected chi connectivity index (χ3v) is 3.69. The van der Waals surface area contributed by atoms with E-state index < -0.39 is 17.6 Å². The van der Waals surface area contributed by atoms with Crippen molar-refractivity contribution in [3.63, 3.8) is 0 Å². The van der Waals surface area contributed by atoms with Gasteiger partial charge in [-0.15, -0.1) is 0 Å². The molecule has 0 saturated carbocycles. The monoisotopic (exact) mass is 342 g/mol. The molecular formula is C15H19FN2O4S. The van der Waals surface area contributed by atoms with Gasteiger partial charge in [0.05, 0.1) is 10.5 Å². The van der Waals surface area contributed by atoms with Crippen molar-refractivity contribution in [2.75, 3.05) is 12.5 Å². The molecule has 0 radical (unpaired) electrons. The van der Waals surface area contributed by atoms with Crippen LogP contribution in [-0.2, 0) is 14.3 Å². The van der Waals surface area contributed by atoms with Crippen LogP contribution in [0.15, 0.2) is 23.1 Å². The average Bonchev–Trinajstić information content (AvgIpc) is 2.48. The van der Waals surface area contributed by atoms with Gasteiger partial charge in [0.1, 0.15) is 11.8 Å². The predicted molar refractivity (Wildman–Crippen MR) is 84.3 cm³/mol. The van der Waals surface area contributed by atoms with Gasteiger partial charge in [-0.3, -0.25) is 14.4 Å². The molecule has 0 aromatic heterocycles. The Balaban J connectivity index is 2.69. The molecule has 0 aliphatic heterocycles. The Morgan fingerprint density at radius 1 is 1.30 bits per heavy atom. The molecule has 0 saturated heterocycles. The van der Waals surface area contributed by atoms with Crippen LogP contribution < -0.4 is 11.1 Å². The summed E-state index contributed by atoms with van der Waals surface area (Å²) >= 11 is 0.925. The highest BCUT2D eigenvalue weighted by molar-refractivity contribution is 7.99. The maximum Gasteiger partial charge on any atom is 0.306 e. The van der Waals surface area contributed by atoms with Crippen LogP contribution in [0.25, 0.3) is 0 Å². The minimum Gasteiger partial charge on any atom is -0.454 e. The Labute approximate surface area is 137 Å². The van der Waals surface area contributed by atoms with Crippen molar-refractivity contribution >= 4 is 29.5 Å². The van der Waals surface area contributed by atoms with Crippen molar-refractivity contribution in [3.05, 3.63) is 29.6 Å². The van der Waals surface area contributed by atoms with Crippen molar-refractivity contribution in [2.24, 2.45) is 5.73 Å². The van der Waals surface area contributed by atoms with Gasteiger partial charge in [-0.2, -0.15) is 0 Å². The van der Waals surface area contributed by atoms with Crippen LogP contribution in [0.3, 0.4) is 0 Å². The number of nitrogens with two attached hydrogens (primary N) is 1. The molecule has 0 aliphatic carbocycles. The minimum absolute atomic E-state index is 0.00182. The number of benzene rings is 1. The van der Waals surface area contributed by atoms with Crippen LogP contribution in [0.2, 0.25) is 0 Å². The number of carbonyl (C=O) groups is 3. The molecule has 0 bridgehead atoms. The number of nitrogens with one attached hydrogen (secondary N) is 1. The fraction of sp³-hybridized carbons (Fsp3) is 0.400. The Kier molecular flexibility index (Phi) is 8.10. The first-order valence-electron chi connectivity index (χ1n) is 7.09. The van der Waals surface area contributed by atoms with Gasteiger partial charge < -0.3 is 15.8 Å². The third-order valence-electron chi connectivity index (χ3n) is 2.75. The summed E-state index contributed by atoms with van der Waals surface area (Å²) < 4.78 is 18.9. The van der Waals surface area contributed by atoms with E-state index in [1.165, 1.54) is 18.2 Å². The molecule has 3 N–H and O–H groups in total. The number of carbonyl (C=O) groups excluding carboxylic acids is 3. The molecule has 0 unspecified atom stereocenters. The second kappa shape index (κ2) is 9.83. The molecule has 2 amide bonds. The van der Waals surface area contributed by atoms with Gasteiger partial charge in [0.25, 0.3) is 5.91 Å². The van der Waals surface area contributed by atoms with Gasteiger partial charge in [0.15, 0.2) is 0 Å². The van der Waals surface area contributed by atoms with Gasteiger partial charge >= 0.3 is 5.97 Å². The first-order chi connectivity index (χ1) is 11.0. The quantitative estimate of drug-likeness (QED) is 0.405. The van der Waals surface area contributed by atoms with Gasteiger partial charge in [0, 0.05) is 19.4 Å². The van der Waals surface area contributed by atoms with Crippen LogP contribution in [0.4, 0.5) is 4.39 Å². The summed E-state index contributed by atoms with van der Waals surface area (Å²) in [6, 6.07) is 4.08. The molecule has 23 heavy (non-hydrogen) atoms. The Morgan fingerprint density at radius 3 is 2.70 bits per heavy atom. The SMILES string of the molecule is CCCC(=O)OCSc1c(F)cccc1C(=O)NCCC(N)=O. The van der Waals surface area contributed by atoms with Crippen molar-refractivity contribution in [3.8, 4) is 0 Å². The summed E-state index contributed by atoms with van der Waals surface area (Å²) in [5, 5.41) is 2.49. The summed E-state index contributed by atoms with van der Waals surface area (Å²) in [6.07, 6.45) is 0.952. The van der Waals surface area contributed by atoms with Crippen LogP contribution in [0.5, 0.6) is 0 Å². The molecule has 1 aromatic carbocycles. The van der Waals surface area contributed by atoms with E-state index >= 15 is 0 Å². The van der Waals surface area contributed by atoms with E-state index in [0.29, 0.717) is 6.42 Å². The second-order valence-corrected chi connectivity index (χ2v) is 5.55. The summed E-state index contributed by atoms with van der Waals surface area (Å²) in [7, 11) is 0. The average molecular weight is 342 g/mol. The fourth-order valence-electron chi connectivity index (χ4n) is 1.66. The molecule has 126 valence electrons. The van der Waals surface area contributed by atoms with Crippen molar-refractivity contribution in [1.29, 1.82) is 0 Å². The zero-order valence-electron chi connectivity index (χ0n) is 12.8. The lowest BCUT2D eigenvalue weighted by atomic mass is 10.2. The van der Waals surface area contributed by atoms with Gasteiger partial charge in [-0.1, -0.05) is 24.8 Å². The molecule has 1 aromatic rings. The van der Waals surface area contributed by atoms with Crippen molar-refractivity contribution in [2.45, 2.75) is 31.1 Å². The van der Waals surface area contributed by atoms with E-state index in [2.05, 4.69) is 5.32 Å². The first-order valence-corrected chi connectivity index (χ1v) is 8.07. The van der Waals surface area contributed by atoms with Crippen LogP contribution in [0.1, 0.15) is 36.5 Å². The van der Waals surface area contributed by atoms with E-state index in [1.807, 2.05) is 6.92 Å². The zero-order chi connectivity index (χ0) is 17.2. The number of thioether (sulfide) groups is 1. The summed E-state index contributed by atoms with van der Waals surface area (Å²) in [5.74, 6) is -2.09. The lowest BCUT2D eigenvalue weighted by molar-refractivity contribution is -0.141. The molecule has 6 nitrogen and oxygen atoms in total. The van der Waals surface area contributed by atoms with Gasteiger partial charge in [-0.25, -0.2) is 4.39 Å². The minimum atomic E-state index is -0.580. The molecule has 0 atom stereocenters. The topological polar surface area (TPSA) is 98.5 Å². The van der Waals surface area contributed by atoms with Gasteiger partial charge in [-0.05, 0) is 18.6 Å². The smallest absolute Gasteiger partial charge is 0.306 e. The van der Waals surface area contributed by atoms with E-state index in [1.54, 1.807) is 0 Å². The van der Waals surface area contributed by atoms with Crippen molar-refractivity contribution in [1.82, 2.24) is 5.32 Å². The predicted octanol–water partition coefficient (Wildman–Crippen LogP) is 1.82. The highest BCUT2D eigenvalue weighted by Gasteiger charge is 2.16. The van der Waals surface area contributed by atoms with Crippen LogP contribution >= 0.6 is 11.8 Å². The number of halogens is 1. The largest absolute Gasteiger partial charge is 0.454 e. The van der Waals surface area contributed by atoms with Crippen molar-refractivity contribution < 1.29 is 23.5 Å². The zero-order valence-corrected chi connectivity index (χ0v) is 13.6. The molecular weight excluding hydrogens is 323 g/mol. The highest BCUT2D eigenvalue weighted by Crippen LogP contribution is 2.26. The number of hydrogen-bond acceptors (Lipinski definition) is 5. The van der Waals surface area contributed by atoms with Gasteiger partial charge in [0.2, 0.25) is 5.91 Å². The summed E-state index contributed by atoms with van der Waals surface area (Å²) in [5.41, 5.74) is 5.10. The normalized spacial score (nSPS) is 10.2. The Morgan fingerprint density at radius 2 is 2.04 bits per heavy atom. The van der Waals surface area contributed by atoms with E-state index in [0.717, 1.165) is 11.8 Å². The molecule has 0 spiro atoms. The second-order valence-electron chi connectivity index (χ2n) is 4.62. The Hall–Kier alpha value is -2.09. The third kappa shape index (κ3) is 6.68. The number of rotatable bonds is 9. The highest BCUT2D eigenvalue weighted by atomic mass is 32.2. The molecule has 1 rings (SSSR count). The summed E-state index contributed by atoms with van der Waals surface area (Å²) in [4.78, 5) is 34.1. The maximum absolute atomic E-state index is 13.9. The number of primary amides is 1. The number of hydrogen-bond donors (Lipinski definition) is 2. The van der Waals surface area contributed by atoms with E-state index in [4.69, 9.17) is 10.5 Å². The van der Waals surface area contributed by atoms with Crippen LogP contribution in [-0.4, -0.2) is 30.3 Å².